The number of piperidine rings is 1. The van der Waals surface area contributed by atoms with Gasteiger partial charge in [0.1, 0.15) is 0 Å². The molecule has 1 saturated carbocycles. The summed E-state index contributed by atoms with van der Waals surface area (Å²) in [6.07, 6.45) is 9.79. The number of hydrogen-bond acceptors (Lipinski definition) is 2. The molecule has 3 aromatic carbocycles. The Bertz CT molecular complexity index is 1400. The van der Waals surface area contributed by atoms with E-state index in [1.54, 1.807) is 0 Å². The molecule has 0 aromatic heterocycles. The SMILES string of the molecule is Cc1cc(C(=O)Nc2cccc(C(C)C)c2)ccc1C1CCC(N2CCC3(C=Cc4ccccc43)[C@@H](C)C2)C1. The van der Waals surface area contributed by atoms with Gasteiger partial charge >= 0.3 is 0 Å². The molecule has 39 heavy (non-hydrogen) atoms. The van der Waals surface area contributed by atoms with Gasteiger partial charge in [0, 0.05) is 29.3 Å². The fourth-order valence-corrected chi connectivity index (χ4v) is 7.58. The van der Waals surface area contributed by atoms with E-state index in [4.69, 9.17) is 0 Å². The minimum Gasteiger partial charge on any atom is -0.322 e. The molecule has 3 aromatic rings. The van der Waals surface area contributed by atoms with Crippen LogP contribution in [-0.2, 0) is 5.41 Å². The number of nitrogens with zero attached hydrogens (tertiary/aromatic N) is 1. The van der Waals surface area contributed by atoms with Crippen molar-refractivity contribution < 1.29 is 4.79 Å². The molecule has 3 aliphatic rings. The maximum Gasteiger partial charge on any atom is 0.255 e. The molecule has 1 heterocycles. The average molecular weight is 519 g/mol. The number of amides is 1. The molecule has 1 N–H and O–H groups in total. The first-order chi connectivity index (χ1) is 18.8. The summed E-state index contributed by atoms with van der Waals surface area (Å²) < 4.78 is 0. The van der Waals surface area contributed by atoms with Gasteiger partial charge in [-0.3, -0.25) is 4.79 Å². The Hall–Kier alpha value is -3.17. The molecule has 6 rings (SSSR count). The van der Waals surface area contributed by atoms with Gasteiger partial charge < -0.3 is 10.2 Å². The highest BCUT2D eigenvalue weighted by Crippen LogP contribution is 2.48. The summed E-state index contributed by atoms with van der Waals surface area (Å²) in [6.45, 7) is 11.3. The Kier molecular flexibility index (Phi) is 6.97. The van der Waals surface area contributed by atoms with E-state index < -0.39 is 0 Å². The number of aryl methyl sites for hydroxylation is 1. The van der Waals surface area contributed by atoms with Gasteiger partial charge in [0.15, 0.2) is 0 Å². The summed E-state index contributed by atoms with van der Waals surface area (Å²) >= 11 is 0. The quantitative estimate of drug-likeness (QED) is 0.368. The van der Waals surface area contributed by atoms with Crippen molar-refractivity contribution in [1.29, 1.82) is 0 Å². The molecule has 2 aliphatic carbocycles. The number of allylic oxidation sites excluding steroid dienone is 1. The second-order valence-electron chi connectivity index (χ2n) is 12.6. The van der Waals surface area contributed by atoms with Gasteiger partial charge in [-0.1, -0.05) is 75.4 Å². The van der Waals surface area contributed by atoms with Gasteiger partial charge in [-0.25, -0.2) is 0 Å². The standard InChI is InChI=1S/C36H42N2O/c1-24(2)28-9-7-10-31(21-28)37-35(39)30-13-15-33(25(3)20-30)29-12-14-32(22-29)38-19-18-36(26(4)23-38)17-16-27-8-5-6-11-34(27)36/h5-11,13,15-17,20-21,24,26,29,32H,12,14,18-19,22-23H2,1-4H3,(H,37,39)/t26-,29?,32?,36?/m0/s1. The number of hydrogen-bond donors (Lipinski definition) is 1. The summed E-state index contributed by atoms with van der Waals surface area (Å²) in [5.41, 5.74) is 8.66. The van der Waals surface area contributed by atoms with Crippen LogP contribution in [0.3, 0.4) is 0 Å². The predicted octanol–water partition coefficient (Wildman–Crippen LogP) is 8.31. The van der Waals surface area contributed by atoms with Gasteiger partial charge in [-0.2, -0.15) is 0 Å². The monoisotopic (exact) mass is 518 g/mol. The van der Waals surface area contributed by atoms with Gasteiger partial charge in [-0.05, 0) is 109 Å². The third kappa shape index (κ3) is 4.87. The van der Waals surface area contributed by atoms with Gasteiger partial charge in [0.2, 0.25) is 0 Å². The van der Waals surface area contributed by atoms with Crippen LogP contribution in [-0.4, -0.2) is 29.9 Å². The van der Waals surface area contributed by atoms with E-state index in [1.807, 2.05) is 18.2 Å². The fraction of sp³-hybridized carbons (Fsp3) is 0.417. The van der Waals surface area contributed by atoms with Gasteiger partial charge in [0.05, 0.1) is 0 Å². The summed E-state index contributed by atoms with van der Waals surface area (Å²) in [6, 6.07) is 24.1. The Labute approximate surface area is 234 Å². The predicted molar refractivity (Wildman–Crippen MR) is 163 cm³/mol. The molecule has 3 unspecified atom stereocenters. The van der Waals surface area contributed by atoms with Crippen LogP contribution in [0.2, 0.25) is 0 Å². The third-order valence-corrected chi connectivity index (χ3v) is 9.93. The number of carbonyl (C=O) groups is 1. The van der Waals surface area contributed by atoms with Crippen LogP contribution in [0.4, 0.5) is 5.69 Å². The first-order valence-corrected chi connectivity index (χ1v) is 14.9. The van der Waals surface area contributed by atoms with Gasteiger partial charge in [0.25, 0.3) is 5.91 Å². The van der Waals surface area contributed by atoms with Crippen LogP contribution in [0.5, 0.6) is 0 Å². The molecule has 0 radical (unpaired) electrons. The second kappa shape index (κ2) is 10.4. The molecule has 3 nitrogen and oxygen atoms in total. The lowest BCUT2D eigenvalue weighted by molar-refractivity contribution is 0.0898. The highest BCUT2D eigenvalue weighted by atomic mass is 16.1. The maximum atomic E-state index is 13.0. The van der Waals surface area contributed by atoms with E-state index in [2.05, 4.69) is 98.6 Å². The van der Waals surface area contributed by atoms with Crippen molar-refractivity contribution in [2.24, 2.45) is 5.92 Å². The topological polar surface area (TPSA) is 32.3 Å². The summed E-state index contributed by atoms with van der Waals surface area (Å²) in [5.74, 6) is 1.59. The molecule has 202 valence electrons. The number of benzene rings is 3. The van der Waals surface area contributed by atoms with Crippen LogP contribution in [0.25, 0.3) is 6.08 Å². The zero-order valence-corrected chi connectivity index (χ0v) is 23.9. The van der Waals surface area contributed by atoms with E-state index in [-0.39, 0.29) is 11.3 Å². The number of rotatable bonds is 5. The van der Waals surface area contributed by atoms with Crippen LogP contribution in [0, 0.1) is 12.8 Å². The molecule has 0 bridgehead atoms. The number of likely N-dealkylation sites (tertiary alicyclic amines) is 1. The first kappa shape index (κ1) is 26.1. The molecule has 2 fully saturated rings. The van der Waals surface area contributed by atoms with Crippen LogP contribution < -0.4 is 5.32 Å². The summed E-state index contributed by atoms with van der Waals surface area (Å²) in [5, 5.41) is 3.10. The average Bonchev–Trinajstić information content (AvgIpc) is 3.57. The number of fused-ring (bicyclic) bond motifs is 2. The molecule has 1 amide bonds. The Balaban J connectivity index is 1.09. The molecule has 4 atom stereocenters. The minimum absolute atomic E-state index is 0.0337. The van der Waals surface area contributed by atoms with Crippen molar-refractivity contribution >= 4 is 17.7 Å². The van der Waals surface area contributed by atoms with Crippen molar-refractivity contribution in [3.05, 3.63) is 106 Å². The number of anilines is 1. The summed E-state index contributed by atoms with van der Waals surface area (Å²) in [4.78, 5) is 15.8. The highest BCUT2D eigenvalue weighted by Gasteiger charge is 2.45. The lowest BCUT2D eigenvalue weighted by atomic mass is 9.68. The van der Waals surface area contributed by atoms with E-state index in [0.717, 1.165) is 11.3 Å². The molecular weight excluding hydrogens is 476 g/mol. The molecular formula is C36H42N2O. The second-order valence-corrected chi connectivity index (χ2v) is 12.6. The smallest absolute Gasteiger partial charge is 0.255 e. The van der Waals surface area contributed by atoms with Crippen molar-refractivity contribution in [3.8, 4) is 0 Å². The molecule has 1 spiro atoms. The fourth-order valence-electron chi connectivity index (χ4n) is 7.58. The molecule has 3 heteroatoms. The Morgan fingerprint density at radius 1 is 1.03 bits per heavy atom. The van der Waals surface area contributed by atoms with E-state index in [9.17, 15) is 4.79 Å². The van der Waals surface area contributed by atoms with Gasteiger partial charge in [-0.15, -0.1) is 0 Å². The van der Waals surface area contributed by atoms with E-state index in [1.165, 1.54) is 66.6 Å². The van der Waals surface area contributed by atoms with E-state index in [0.29, 0.717) is 23.8 Å². The number of carbonyl (C=O) groups excluding carboxylic acids is 1. The zero-order valence-electron chi connectivity index (χ0n) is 23.9. The van der Waals surface area contributed by atoms with Crippen LogP contribution in [0.15, 0.2) is 72.8 Å². The molecule has 1 saturated heterocycles. The minimum atomic E-state index is -0.0337. The highest BCUT2D eigenvalue weighted by molar-refractivity contribution is 6.04. The third-order valence-electron chi connectivity index (χ3n) is 9.93. The van der Waals surface area contributed by atoms with Crippen LogP contribution in [0.1, 0.15) is 96.5 Å². The Morgan fingerprint density at radius 3 is 2.67 bits per heavy atom. The van der Waals surface area contributed by atoms with Crippen molar-refractivity contribution in [1.82, 2.24) is 4.90 Å². The zero-order chi connectivity index (χ0) is 27.1. The lowest BCUT2D eigenvalue weighted by Gasteiger charge is -2.46. The first-order valence-electron chi connectivity index (χ1n) is 14.9. The van der Waals surface area contributed by atoms with Crippen LogP contribution >= 0.6 is 0 Å². The number of nitrogens with one attached hydrogen (secondary N) is 1. The maximum absolute atomic E-state index is 13.0. The summed E-state index contributed by atoms with van der Waals surface area (Å²) in [7, 11) is 0. The molecule has 1 aliphatic heterocycles. The van der Waals surface area contributed by atoms with E-state index >= 15 is 0 Å². The largest absolute Gasteiger partial charge is 0.322 e. The van der Waals surface area contributed by atoms with Crippen molar-refractivity contribution in [2.45, 2.75) is 76.7 Å². The van der Waals surface area contributed by atoms with Crippen molar-refractivity contribution in [2.75, 3.05) is 18.4 Å². The normalized spacial score (nSPS) is 26.3. The lowest BCUT2D eigenvalue weighted by Crippen LogP contribution is -2.50. The van der Waals surface area contributed by atoms with Crippen molar-refractivity contribution in [3.63, 3.8) is 0 Å². The Morgan fingerprint density at radius 2 is 1.87 bits per heavy atom.